The van der Waals surface area contributed by atoms with Gasteiger partial charge in [0.05, 0.1) is 6.54 Å². The summed E-state index contributed by atoms with van der Waals surface area (Å²) in [6, 6.07) is 10.9. The van der Waals surface area contributed by atoms with Crippen molar-refractivity contribution in [3.63, 3.8) is 0 Å². The summed E-state index contributed by atoms with van der Waals surface area (Å²) in [5.74, 6) is 0.708. The van der Waals surface area contributed by atoms with Crippen molar-refractivity contribution in [1.82, 2.24) is 10.2 Å². The molecule has 1 unspecified atom stereocenters. The summed E-state index contributed by atoms with van der Waals surface area (Å²) in [5.41, 5.74) is 7.56. The Labute approximate surface area is 151 Å². The Morgan fingerprint density at radius 3 is 2.56 bits per heavy atom. The van der Waals surface area contributed by atoms with Crippen LogP contribution in [0.5, 0.6) is 0 Å². The Kier molecular flexibility index (Phi) is 6.32. The van der Waals surface area contributed by atoms with E-state index in [1.54, 1.807) is 0 Å². The van der Waals surface area contributed by atoms with Gasteiger partial charge in [0.1, 0.15) is 0 Å². The molecule has 0 bridgehead atoms. The molecule has 5 nitrogen and oxygen atoms in total. The van der Waals surface area contributed by atoms with E-state index in [1.165, 1.54) is 24.8 Å². The maximum Gasteiger partial charge on any atom is 0.191 e. The van der Waals surface area contributed by atoms with Gasteiger partial charge in [0.2, 0.25) is 0 Å². The van der Waals surface area contributed by atoms with Gasteiger partial charge in [-0.3, -0.25) is 4.99 Å². The fourth-order valence-corrected chi connectivity index (χ4v) is 3.85. The fraction of sp³-hybridized carbons (Fsp3) is 0.650. The molecule has 2 aliphatic rings. The first kappa shape index (κ1) is 18.2. The van der Waals surface area contributed by atoms with Gasteiger partial charge in [0.25, 0.3) is 0 Å². The van der Waals surface area contributed by atoms with E-state index in [0.29, 0.717) is 5.96 Å². The third kappa shape index (κ3) is 4.95. The molecule has 0 aliphatic carbocycles. The first-order valence-corrected chi connectivity index (χ1v) is 9.64. The van der Waals surface area contributed by atoms with Crippen molar-refractivity contribution in [3.8, 4) is 0 Å². The second-order valence-electron chi connectivity index (χ2n) is 7.39. The van der Waals surface area contributed by atoms with Crippen LogP contribution in [0.15, 0.2) is 35.3 Å². The molecule has 2 saturated heterocycles. The summed E-state index contributed by atoms with van der Waals surface area (Å²) in [6.07, 6.45) is 5.69. The van der Waals surface area contributed by atoms with Gasteiger partial charge in [-0.15, -0.1) is 0 Å². The van der Waals surface area contributed by atoms with Crippen LogP contribution in [-0.2, 0) is 4.74 Å². The lowest BCUT2D eigenvalue weighted by Gasteiger charge is -2.40. The molecule has 2 aliphatic heterocycles. The Morgan fingerprint density at radius 1 is 1.20 bits per heavy atom. The molecule has 5 heteroatoms. The minimum Gasteiger partial charge on any atom is -0.381 e. The number of rotatable bonds is 5. The van der Waals surface area contributed by atoms with Crippen LogP contribution in [0, 0.1) is 0 Å². The third-order valence-corrected chi connectivity index (χ3v) is 5.50. The van der Waals surface area contributed by atoms with Gasteiger partial charge in [0, 0.05) is 37.9 Å². The Hall–Kier alpha value is -1.59. The highest BCUT2D eigenvalue weighted by Crippen LogP contribution is 2.26. The average Bonchev–Trinajstić information content (AvgIpc) is 2.68. The van der Waals surface area contributed by atoms with Crippen LogP contribution in [-0.4, -0.2) is 49.2 Å². The predicted octanol–water partition coefficient (Wildman–Crippen LogP) is 2.69. The number of piperidine rings is 1. The fourth-order valence-electron chi connectivity index (χ4n) is 3.85. The highest BCUT2D eigenvalue weighted by molar-refractivity contribution is 5.78. The standard InChI is InChI=1S/C20H32N4O/c1-17(18-8-4-2-5-9-18)23-20(10-14-25-15-11-20)16-22-19(21)24-12-6-3-7-13-24/h2,4-5,8-9,17,23H,3,6-7,10-16H2,1H3,(H2,21,22). The number of nitrogens with zero attached hydrogens (tertiary/aromatic N) is 2. The first-order chi connectivity index (χ1) is 12.2. The molecule has 1 atom stereocenters. The molecule has 0 spiro atoms. The number of ether oxygens (including phenoxy) is 1. The molecular formula is C20H32N4O. The molecule has 0 aromatic heterocycles. The molecule has 2 heterocycles. The van der Waals surface area contributed by atoms with Crippen LogP contribution < -0.4 is 11.1 Å². The van der Waals surface area contributed by atoms with Gasteiger partial charge < -0.3 is 20.7 Å². The molecule has 138 valence electrons. The molecule has 25 heavy (non-hydrogen) atoms. The van der Waals surface area contributed by atoms with Crippen molar-refractivity contribution in [3.05, 3.63) is 35.9 Å². The maximum atomic E-state index is 6.28. The molecule has 2 fully saturated rings. The number of benzene rings is 1. The smallest absolute Gasteiger partial charge is 0.191 e. The lowest BCUT2D eigenvalue weighted by Crippen LogP contribution is -2.53. The van der Waals surface area contributed by atoms with Crippen molar-refractivity contribution in [2.45, 2.75) is 50.6 Å². The van der Waals surface area contributed by atoms with Crippen LogP contribution in [0.25, 0.3) is 0 Å². The summed E-state index contributed by atoms with van der Waals surface area (Å²) < 4.78 is 5.61. The molecule has 3 N–H and O–H groups in total. The van der Waals surface area contributed by atoms with E-state index in [1.807, 2.05) is 0 Å². The number of nitrogens with one attached hydrogen (secondary N) is 1. The van der Waals surface area contributed by atoms with E-state index >= 15 is 0 Å². The third-order valence-electron chi connectivity index (χ3n) is 5.50. The predicted molar refractivity (Wildman–Crippen MR) is 103 cm³/mol. The molecule has 0 saturated carbocycles. The van der Waals surface area contributed by atoms with Crippen LogP contribution in [0.3, 0.4) is 0 Å². The van der Waals surface area contributed by atoms with E-state index in [2.05, 4.69) is 47.5 Å². The highest BCUT2D eigenvalue weighted by Gasteiger charge is 2.34. The second kappa shape index (κ2) is 8.68. The van der Waals surface area contributed by atoms with Gasteiger partial charge in [-0.25, -0.2) is 0 Å². The number of hydrogen-bond donors (Lipinski definition) is 2. The van der Waals surface area contributed by atoms with Crippen molar-refractivity contribution in [2.75, 3.05) is 32.8 Å². The summed E-state index contributed by atoms with van der Waals surface area (Å²) in [4.78, 5) is 7.03. The Morgan fingerprint density at radius 2 is 1.88 bits per heavy atom. The van der Waals surface area contributed by atoms with Gasteiger partial charge >= 0.3 is 0 Å². The zero-order valence-corrected chi connectivity index (χ0v) is 15.4. The summed E-state index contributed by atoms with van der Waals surface area (Å²) in [5, 5.41) is 3.85. The second-order valence-corrected chi connectivity index (χ2v) is 7.39. The van der Waals surface area contributed by atoms with Crippen molar-refractivity contribution < 1.29 is 4.74 Å². The number of hydrogen-bond acceptors (Lipinski definition) is 3. The van der Waals surface area contributed by atoms with Crippen LogP contribution in [0.1, 0.15) is 50.6 Å². The SMILES string of the molecule is CC(NC1(CN=C(N)N2CCCCC2)CCOCC1)c1ccccc1. The van der Waals surface area contributed by atoms with Gasteiger partial charge in [0.15, 0.2) is 5.96 Å². The minimum absolute atomic E-state index is 0.0338. The van der Waals surface area contributed by atoms with Gasteiger partial charge in [-0.05, 0) is 44.6 Å². The molecule has 3 rings (SSSR count). The monoisotopic (exact) mass is 344 g/mol. The molecule has 1 aromatic rings. The van der Waals surface area contributed by atoms with E-state index in [9.17, 15) is 0 Å². The van der Waals surface area contributed by atoms with Crippen LogP contribution >= 0.6 is 0 Å². The number of aliphatic imine (C=N–C) groups is 1. The maximum absolute atomic E-state index is 6.28. The lowest BCUT2D eigenvalue weighted by atomic mass is 9.88. The largest absolute Gasteiger partial charge is 0.381 e. The van der Waals surface area contributed by atoms with E-state index in [0.717, 1.165) is 45.7 Å². The Bertz CT molecular complexity index is 548. The van der Waals surface area contributed by atoms with Crippen molar-refractivity contribution in [2.24, 2.45) is 10.7 Å². The average molecular weight is 345 g/mol. The van der Waals surface area contributed by atoms with Gasteiger partial charge in [-0.1, -0.05) is 30.3 Å². The normalized spacial score (nSPS) is 22.6. The van der Waals surface area contributed by atoms with E-state index in [-0.39, 0.29) is 11.6 Å². The van der Waals surface area contributed by atoms with E-state index < -0.39 is 0 Å². The summed E-state index contributed by atoms with van der Waals surface area (Å²) in [7, 11) is 0. The first-order valence-electron chi connectivity index (χ1n) is 9.64. The summed E-state index contributed by atoms with van der Waals surface area (Å²) >= 11 is 0. The zero-order chi connectivity index (χ0) is 17.5. The summed E-state index contributed by atoms with van der Waals surface area (Å²) in [6.45, 7) is 6.60. The lowest BCUT2D eigenvalue weighted by molar-refractivity contribution is 0.0373. The molecule has 0 radical (unpaired) electrons. The van der Waals surface area contributed by atoms with Crippen molar-refractivity contribution in [1.29, 1.82) is 0 Å². The topological polar surface area (TPSA) is 62.9 Å². The van der Waals surface area contributed by atoms with Gasteiger partial charge in [-0.2, -0.15) is 0 Å². The molecule has 0 amide bonds. The number of guanidine groups is 1. The zero-order valence-electron chi connectivity index (χ0n) is 15.4. The van der Waals surface area contributed by atoms with Crippen LogP contribution in [0.2, 0.25) is 0 Å². The van der Waals surface area contributed by atoms with Crippen LogP contribution in [0.4, 0.5) is 0 Å². The molecular weight excluding hydrogens is 312 g/mol. The quantitative estimate of drug-likeness (QED) is 0.637. The number of likely N-dealkylation sites (tertiary alicyclic amines) is 1. The van der Waals surface area contributed by atoms with Crippen molar-refractivity contribution >= 4 is 5.96 Å². The highest BCUT2D eigenvalue weighted by atomic mass is 16.5. The molecule has 1 aromatic carbocycles. The van der Waals surface area contributed by atoms with E-state index in [4.69, 9.17) is 15.5 Å². The number of nitrogens with two attached hydrogens (primary N) is 1. The minimum atomic E-state index is -0.0338. The Balaban J connectivity index is 1.67.